The number of hydrogen-bond acceptors (Lipinski definition) is 2. The first-order chi connectivity index (χ1) is 16.7. The Balaban J connectivity index is 0.000000324. The zero-order valence-electron chi connectivity index (χ0n) is 19.2. The van der Waals surface area contributed by atoms with Crippen LogP contribution in [0, 0.1) is 70.3 Å². The van der Waals surface area contributed by atoms with Crippen molar-refractivity contribution in [2.75, 3.05) is 0 Å². The van der Waals surface area contributed by atoms with Crippen LogP contribution in [0.2, 0.25) is 0 Å². The number of thiocarbonyl (C=S) groups is 1. The topological polar surface area (TPSA) is 0 Å². The normalized spacial score (nSPS) is 14.2. The maximum Gasteiger partial charge on any atom is 2.00 e. The van der Waals surface area contributed by atoms with Gasteiger partial charge >= 0.3 is 26.2 Å². The molecule has 4 heteroatoms. The Morgan fingerprint density at radius 1 is 0.657 bits per heavy atom. The van der Waals surface area contributed by atoms with Gasteiger partial charge in [0.1, 0.15) is 0 Å². The SMILES string of the molecule is S=C([S-])P(=C=Cc1[c-]cccc1)(c1ccccc1)c1ccccc1.[CH]1[CH][CH][CH][CH]1.[CH]1[CH][CH][CH][CH]1.[Zr+2]. The fourth-order valence-electron chi connectivity index (χ4n) is 3.17. The Kier molecular flexibility index (Phi) is 15.0. The van der Waals surface area contributed by atoms with Gasteiger partial charge in [-0.15, -0.1) is 39.8 Å². The Morgan fingerprint density at radius 3 is 1.40 bits per heavy atom. The van der Waals surface area contributed by atoms with E-state index in [1.165, 1.54) is 0 Å². The van der Waals surface area contributed by atoms with Crippen LogP contribution in [0.5, 0.6) is 0 Å². The molecule has 0 N–H and O–H groups in total. The molecule has 0 aromatic heterocycles. The molecule has 2 saturated carbocycles. The summed E-state index contributed by atoms with van der Waals surface area (Å²) in [4.78, 5) is 0. The molecule has 2 fully saturated rings. The summed E-state index contributed by atoms with van der Waals surface area (Å²) in [6.45, 7) is -2.22. The maximum atomic E-state index is 5.58. The number of rotatable bonds is 4. The average molecular weight is 584 g/mol. The van der Waals surface area contributed by atoms with Gasteiger partial charge < -0.3 is 24.8 Å². The molecule has 3 aromatic rings. The minimum atomic E-state index is -2.22. The molecule has 5 rings (SSSR count). The fraction of sp³-hybridized carbons (Fsp3) is 0. The number of hydrogen-bond donors (Lipinski definition) is 0. The van der Waals surface area contributed by atoms with Crippen molar-refractivity contribution in [1.29, 1.82) is 0 Å². The molecule has 0 saturated heterocycles. The summed E-state index contributed by atoms with van der Waals surface area (Å²) in [7, 11) is 0. The van der Waals surface area contributed by atoms with Crippen molar-refractivity contribution in [3.8, 4) is 0 Å². The molecule has 2 aliphatic carbocycles. The molecule has 0 atom stereocenters. The van der Waals surface area contributed by atoms with Gasteiger partial charge in [0.25, 0.3) is 0 Å². The monoisotopic (exact) mass is 582 g/mol. The summed E-state index contributed by atoms with van der Waals surface area (Å²) in [5.41, 5.74) is 4.56. The maximum absolute atomic E-state index is 5.58. The van der Waals surface area contributed by atoms with E-state index in [0.29, 0.717) is 3.94 Å². The molecule has 0 unspecified atom stereocenters. The molecule has 0 bridgehead atoms. The van der Waals surface area contributed by atoms with Gasteiger partial charge in [-0.2, -0.15) is 5.45 Å². The van der Waals surface area contributed by atoms with Gasteiger partial charge in [-0.3, -0.25) is 0 Å². The molecule has 0 nitrogen and oxygen atoms in total. The van der Waals surface area contributed by atoms with Gasteiger partial charge in [-0.05, 0) is 81.7 Å². The van der Waals surface area contributed by atoms with Gasteiger partial charge in [0.2, 0.25) is 0 Å². The van der Waals surface area contributed by atoms with Crippen LogP contribution in [0.3, 0.4) is 0 Å². The zero-order valence-corrected chi connectivity index (χ0v) is 24.2. The van der Waals surface area contributed by atoms with Crippen LogP contribution in [0.15, 0.2) is 84.9 Å². The van der Waals surface area contributed by atoms with Crippen LogP contribution < -0.4 is 10.6 Å². The third kappa shape index (κ3) is 9.72. The van der Waals surface area contributed by atoms with Crippen LogP contribution in [-0.4, -0.2) is 9.39 Å². The minimum absolute atomic E-state index is 0. The van der Waals surface area contributed by atoms with E-state index >= 15 is 0 Å². The Bertz CT molecular complexity index is 998. The summed E-state index contributed by atoms with van der Waals surface area (Å²) in [6, 6.07) is 31.5. The molecule has 0 spiro atoms. The Morgan fingerprint density at radius 2 is 1.06 bits per heavy atom. The molecule has 35 heavy (non-hydrogen) atoms. The van der Waals surface area contributed by atoms with E-state index in [1.807, 2.05) is 131 Å². The molecule has 3 aromatic carbocycles. The van der Waals surface area contributed by atoms with E-state index in [2.05, 4.69) is 35.8 Å². The van der Waals surface area contributed by atoms with Crippen molar-refractivity contribution in [3.05, 3.63) is 161 Å². The summed E-state index contributed by atoms with van der Waals surface area (Å²) in [5.74, 6) is 0. The van der Waals surface area contributed by atoms with Crippen LogP contribution in [0.4, 0.5) is 0 Å². The van der Waals surface area contributed by atoms with Crippen LogP contribution in [0.1, 0.15) is 5.56 Å². The molecule has 10 radical (unpaired) electrons. The van der Waals surface area contributed by atoms with Crippen molar-refractivity contribution in [2.45, 2.75) is 0 Å². The first-order valence-electron chi connectivity index (χ1n) is 10.9. The minimum Gasteiger partial charge on any atom is -0.427 e. The Hall–Kier alpha value is -1.07. The van der Waals surface area contributed by atoms with Gasteiger partial charge in [0, 0.05) is 0 Å². The molecule has 170 valence electrons. The van der Waals surface area contributed by atoms with E-state index in [4.69, 9.17) is 24.8 Å². The molecule has 2 aliphatic rings. The zero-order chi connectivity index (χ0) is 23.9. The van der Waals surface area contributed by atoms with E-state index in [9.17, 15) is 0 Å². The van der Waals surface area contributed by atoms with Gasteiger partial charge in [0.15, 0.2) is 0 Å². The third-order valence-corrected chi connectivity index (χ3v) is 9.67. The summed E-state index contributed by atoms with van der Waals surface area (Å²) >= 11 is 11.2. The Labute approximate surface area is 243 Å². The van der Waals surface area contributed by atoms with Gasteiger partial charge in [-0.1, -0.05) is 66.7 Å². The second-order valence-corrected chi connectivity index (χ2v) is 11.9. The second kappa shape index (κ2) is 17.4. The van der Waals surface area contributed by atoms with E-state index in [0.717, 1.165) is 16.2 Å². The van der Waals surface area contributed by atoms with E-state index < -0.39 is 6.89 Å². The van der Waals surface area contributed by atoms with Crippen molar-refractivity contribution in [1.82, 2.24) is 0 Å². The smallest absolute Gasteiger partial charge is 0.427 e. The summed E-state index contributed by atoms with van der Waals surface area (Å²) in [6.07, 6.45) is 22.0. The summed E-state index contributed by atoms with van der Waals surface area (Å²) < 4.78 is 0.562. The third-order valence-electron chi connectivity index (χ3n) is 4.82. The van der Waals surface area contributed by atoms with Crippen molar-refractivity contribution < 1.29 is 26.2 Å². The van der Waals surface area contributed by atoms with E-state index in [-0.39, 0.29) is 26.2 Å². The number of benzene rings is 3. The molecule has 0 amide bonds. The molecule has 0 heterocycles. The van der Waals surface area contributed by atoms with Gasteiger partial charge in [-0.25, -0.2) is 0 Å². The molecular formula is C31H25PS2Zr. The standard InChI is InChI=1S/C21H16PS2.2C5H5.Zr/c23-21(24)22(19-12-6-2-7-13-19,20-14-8-3-9-15-20)17-16-18-10-4-1-5-11-18;2*1-2-4-5-3-1;/h1-10,12-16H,(H,23,24);2*1-5H;/q-1;;;+2/p-1. The largest absolute Gasteiger partial charge is 2.00 e. The second-order valence-electron chi connectivity index (χ2n) is 7.12. The van der Waals surface area contributed by atoms with Crippen LogP contribution in [0.25, 0.3) is 6.08 Å². The van der Waals surface area contributed by atoms with Crippen molar-refractivity contribution >= 4 is 57.8 Å². The van der Waals surface area contributed by atoms with Crippen molar-refractivity contribution in [2.24, 2.45) is 0 Å². The quantitative estimate of drug-likeness (QED) is 0.150. The van der Waals surface area contributed by atoms with Crippen molar-refractivity contribution in [3.63, 3.8) is 0 Å². The summed E-state index contributed by atoms with van der Waals surface area (Å²) in [5, 5.41) is 2.26. The molecular weight excluding hydrogens is 559 g/mol. The predicted octanol–water partition coefficient (Wildman–Crippen LogP) is 6.44. The molecule has 0 aliphatic heterocycles. The van der Waals surface area contributed by atoms with Crippen LogP contribution >= 0.6 is 19.1 Å². The van der Waals surface area contributed by atoms with E-state index in [1.54, 1.807) is 0 Å². The van der Waals surface area contributed by atoms with Crippen LogP contribution in [-0.2, 0) is 38.8 Å². The first kappa shape index (κ1) is 30.2. The fourth-order valence-corrected chi connectivity index (χ4v) is 7.45. The van der Waals surface area contributed by atoms with Gasteiger partial charge in [0.05, 0.1) is 0 Å². The average Bonchev–Trinajstić information content (AvgIpc) is 3.66. The predicted molar refractivity (Wildman–Crippen MR) is 157 cm³/mol. The first-order valence-corrected chi connectivity index (χ1v) is 13.5.